The monoisotopic (exact) mass is 309 g/mol. The van der Waals surface area contributed by atoms with Gasteiger partial charge in [-0.1, -0.05) is 34.5 Å². The van der Waals surface area contributed by atoms with Crippen molar-refractivity contribution in [1.82, 2.24) is 4.98 Å². The van der Waals surface area contributed by atoms with Crippen molar-refractivity contribution in [3.63, 3.8) is 0 Å². The van der Waals surface area contributed by atoms with Crippen LogP contribution in [0.5, 0.6) is 0 Å². The molecular formula is C13H9Cl2N3S. The second kappa shape index (κ2) is 4.89. The number of nitrogens with two attached hydrogens (primary N) is 1. The zero-order chi connectivity index (χ0) is 13.4. The molecule has 1 heterocycles. The van der Waals surface area contributed by atoms with Gasteiger partial charge >= 0.3 is 0 Å². The summed E-state index contributed by atoms with van der Waals surface area (Å²) >= 11 is 13.5. The molecule has 0 aliphatic carbocycles. The maximum atomic E-state index is 6.11. The first-order valence-corrected chi connectivity index (χ1v) is 7.07. The molecule has 3 rings (SSSR count). The predicted molar refractivity (Wildman–Crippen MR) is 83.8 cm³/mol. The van der Waals surface area contributed by atoms with Crippen molar-refractivity contribution in [2.45, 2.75) is 0 Å². The summed E-state index contributed by atoms with van der Waals surface area (Å²) in [5.41, 5.74) is 8.16. The Kier molecular flexibility index (Phi) is 3.22. The number of nitrogens with one attached hydrogen (secondary N) is 1. The molecule has 19 heavy (non-hydrogen) atoms. The predicted octanol–water partition coefficient (Wildman–Crippen LogP) is 4.93. The van der Waals surface area contributed by atoms with Gasteiger partial charge in [-0.2, -0.15) is 0 Å². The van der Waals surface area contributed by atoms with Crippen LogP contribution in [0.25, 0.3) is 10.2 Å². The summed E-state index contributed by atoms with van der Waals surface area (Å²) in [5, 5.41) is 5.12. The largest absolute Gasteiger partial charge is 0.399 e. The Morgan fingerprint density at radius 2 is 1.95 bits per heavy atom. The molecule has 3 aromatic rings. The van der Waals surface area contributed by atoms with E-state index < -0.39 is 0 Å². The van der Waals surface area contributed by atoms with Crippen LogP contribution in [0.15, 0.2) is 36.4 Å². The Morgan fingerprint density at radius 1 is 1.11 bits per heavy atom. The number of nitrogen functional groups attached to an aromatic ring is 1. The number of anilines is 3. The third-order valence-corrected chi connectivity index (χ3v) is 4.07. The molecule has 0 unspecified atom stereocenters. The molecule has 3 N–H and O–H groups in total. The zero-order valence-corrected chi connectivity index (χ0v) is 12.0. The second-order valence-corrected chi connectivity index (χ2v) is 5.87. The van der Waals surface area contributed by atoms with E-state index in [-0.39, 0.29) is 0 Å². The number of hydrogen-bond acceptors (Lipinski definition) is 4. The maximum absolute atomic E-state index is 6.11. The van der Waals surface area contributed by atoms with Crippen molar-refractivity contribution < 1.29 is 0 Å². The van der Waals surface area contributed by atoms with Crippen LogP contribution in [0.4, 0.5) is 16.5 Å². The summed E-state index contributed by atoms with van der Waals surface area (Å²) in [6.45, 7) is 0. The molecule has 0 radical (unpaired) electrons. The molecule has 0 saturated carbocycles. The highest BCUT2D eigenvalue weighted by atomic mass is 35.5. The van der Waals surface area contributed by atoms with Crippen LogP contribution in [0.1, 0.15) is 0 Å². The minimum atomic E-state index is 0.561. The number of rotatable bonds is 2. The SMILES string of the molecule is Nc1ccc2nc(Nc3ccc(Cl)cc3Cl)sc2c1. The number of benzene rings is 2. The molecule has 0 amide bonds. The van der Waals surface area contributed by atoms with Gasteiger partial charge < -0.3 is 11.1 Å². The highest BCUT2D eigenvalue weighted by Crippen LogP contribution is 2.32. The van der Waals surface area contributed by atoms with E-state index in [0.717, 1.165) is 26.7 Å². The lowest BCUT2D eigenvalue weighted by molar-refractivity contribution is 1.44. The van der Waals surface area contributed by atoms with Crippen molar-refractivity contribution in [3.8, 4) is 0 Å². The van der Waals surface area contributed by atoms with Crippen LogP contribution in [0.2, 0.25) is 10.0 Å². The molecule has 0 fully saturated rings. The van der Waals surface area contributed by atoms with Gasteiger partial charge in [0.25, 0.3) is 0 Å². The van der Waals surface area contributed by atoms with Crippen LogP contribution in [-0.4, -0.2) is 4.98 Å². The van der Waals surface area contributed by atoms with E-state index in [0.29, 0.717) is 10.0 Å². The Bertz CT molecular complexity index is 755. The number of hydrogen-bond donors (Lipinski definition) is 2. The van der Waals surface area contributed by atoms with Crippen molar-refractivity contribution in [2.24, 2.45) is 0 Å². The number of nitrogens with zero attached hydrogens (tertiary/aromatic N) is 1. The first-order valence-electron chi connectivity index (χ1n) is 5.50. The van der Waals surface area contributed by atoms with E-state index in [9.17, 15) is 0 Å². The summed E-state index contributed by atoms with van der Waals surface area (Å²) in [6, 6.07) is 10.9. The van der Waals surface area contributed by atoms with E-state index in [2.05, 4.69) is 10.3 Å². The topological polar surface area (TPSA) is 50.9 Å². The van der Waals surface area contributed by atoms with Gasteiger partial charge in [-0.15, -0.1) is 0 Å². The summed E-state index contributed by atoms with van der Waals surface area (Å²) in [4.78, 5) is 4.47. The van der Waals surface area contributed by atoms with Crippen molar-refractivity contribution in [3.05, 3.63) is 46.4 Å². The fraction of sp³-hybridized carbons (Fsp3) is 0. The molecule has 6 heteroatoms. The Hall–Kier alpha value is -1.49. The van der Waals surface area contributed by atoms with Gasteiger partial charge in [0, 0.05) is 10.7 Å². The van der Waals surface area contributed by atoms with Crippen molar-refractivity contribution in [2.75, 3.05) is 11.1 Å². The Balaban J connectivity index is 1.96. The molecule has 0 atom stereocenters. The molecule has 1 aromatic heterocycles. The third kappa shape index (κ3) is 2.61. The van der Waals surface area contributed by atoms with Gasteiger partial charge in [0.2, 0.25) is 0 Å². The van der Waals surface area contributed by atoms with Crippen LogP contribution in [0, 0.1) is 0 Å². The second-order valence-electron chi connectivity index (χ2n) is 4.00. The molecule has 2 aromatic carbocycles. The molecule has 3 nitrogen and oxygen atoms in total. The van der Waals surface area contributed by atoms with Crippen LogP contribution in [-0.2, 0) is 0 Å². The van der Waals surface area contributed by atoms with E-state index in [1.165, 1.54) is 11.3 Å². The fourth-order valence-electron chi connectivity index (χ4n) is 1.70. The summed E-state index contributed by atoms with van der Waals surface area (Å²) < 4.78 is 1.03. The molecule has 0 saturated heterocycles. The quantitative estimate of drug-likeness (QED) is 0.660. The average Bonchev–Trinajstić information content (AvgIpc) is 2.74. The van der Waals surface area contributed by atoms with E-state index in [1.54, 1.807) is 12.1 Å². The fourth-order valence-corrected chi connectivity index (χ4v) is 3.08. The Morgan fingerprint density at radius 3 is 2.74 bits per heavy atom. The number of thiazole rings is 1. The van der Waals surface area contributed by atoms with Gasteiger partial charge in [0.1, 0.15) is 0 Å². The zero-order valence-electron chi connectivity index (χ0n) is 9.65. The van der Waals surface area contributed by atoms with Crippen LogP contribution in [0.3, 0.4) is 0 Å². The van der Waals surface area contributed by atoms with E-state index >= 15 is 0 Å². The van der Waals surface area contributed by atoms with Crippen LogP contribution < -0.4 is 11.1 Å². The van der Waals surface area contributed by atoms with Crippen LogP contribution >= 0.6 is 34.5 Å². The first-order chi connectivity index (χ1) is 9.11. The van der Waals surface area contributed by atoms with Gasteiger partial charge in [-0.25, -0.2) is 4.98 Å². The highest BCUT2D eigenvalue weighted by Gasteiger charge is 2.07. The number of halogens is 2. The molecule has 0 bridgehead atoms. The molecule has 96 valence electrons. The lowest BCUT2D eigenvalue weighted by Crippen LogP contribution is -1.89. The van der Waals surface area contributed by atoms with Gasteiger partial charge in [-0.05, 0) is 36.4 Å². The summed E-state index contributed by atoms with van der Waals surface area (Å²) in [5.74, 6) is 0. The lowest BCUT2D eigenvalue weighted by Gasteiger charge is -2.04. The van der Waals surface area contributed by atoms with Crippen molar-refractivity contribution in [1.29, 1.82) is 0 Å². The maximum Gasteiger partial charge on any atom is 0.188 e. The standard InChI is InChI=1S/C13H9Cl2N3S/c14-7-1-3-10(9(15)5-7)17-13-18-11-4-2-8(16)6-12(11)19-13/h1-6H,16H2,(H,17,18). The molecule has 0 aliphatic heterocycles. The molecular weight excluding hydrogens is 301 g/mol. The van der Waals surface area contributed by atoms with E-state index in [4.69, 9.17) is 28.9 Å². The average molecular weight is 310 g/mol. The minimum Gasteiger partial charge on any atom is -0.399 e. The lowest BCUT2D eigenvalue weighted by atomic mass is 10.3. The summed E-state index contributed by atoms with van der Waals surface area (Å²) in [6.07, 6.45) is 0. The van der Waals surface area contributed by atoms with Gasteiger partial charge in [-0.3, -0.25) is 0 Å². The normalized spacial score (nSPS) is 10.8. The minimum absolute atomic E-state index is 0.561. The third-order valence-electron chi connectivity index (χ3n) is 2.59. The Labute approximate surface area is 124 Å². The van der Waals surface area contributed by atoms with Gasteiger partial charge in [0.05, 0.1) is 20.9 Å². The van der Waals surface area contributed by atoms with Crippen molar-refractivity contribution >= 4 is 61.3 Å². The van der Waals surface area contributed by atoms with Gasteiger partial charge in [0.15, 0.2) is 5.13 Å². The smallest absolute Gasteiger partial charge is 0.188 e. The summed E-state index contributed by atoms with van der Waals surface area (Å²) in [7, 11) is 0. The van der Waals surface area contributed by atoms with E-state index in [1.807, 2.05) is 24.3 Å². The number of fused-ring (bicyclic) bond motifs is 1. The molecule has 0 spiro atoms. The molecule has 0 aliphatic rings. The number of aromatic nitrogens is 1. The highest BCUT2D eigenvalue weighted by molar-refractivity contribution is 7.22. The first kappa shape index (κ1) is 12.5.